The fraction of sp³-hybridized carbons (Fsp3) is 0.500. The molecule has 1 aromatic carbocycles. The number of carbonyl (C=O) groups is 2. The lowest BCUT2D eigenvalue weighted by Crippen LogP contribution is -2.50. The zero-order chi connectivity index (χ0) is 28.6. The molecule has 2 fully saturated rings. The molecule has 0 aliphatic heterocycles. The number of alkyl halides is 4. The van der Waals surface area contributed by atoms with E-state index in [1.165, 1.54) is 12.4 Å². The fourth-order valence-electron chi connectivity index (χ4n) is 5.09. The number of benzene rings is 1. The molecule has 40 heavy (non-hydrogen) atoms. The second-order valence-electron chi connectivity index (χ2n) is 10.6. The van der Waals surface area contributed by atoms with Crippen molar-refractivity contribution in [2.24, 2.45) is 5.92 Å². The lowest BCUT2D eigenvalue weighted by molar-refractivity contribution is -0.137. The van der Waals surface area contributed by atoms with Gasteiger partial charge in [-0.2, -0.15) is 13.2 Å². The molecule has 214 valence electrons. The van der Waals surface area contributed by atoms with Crippen molar-refractivity contribution in [1.29, 1.82) is 0 Å². The minimum Gasteiger partial charge on any atom is -0.493 e. The summed E-state index contributed by atoms with van der Waals surface area (Å²) in [5.74, 6) is -0.0657. The maximum absolute atomic E-state index is 15.0. The maximum Gasteiger partial charge on any atom is 0.416 e. The molecule has 2 amide bonds. The number of aromatic amines is 1. The van der Waals surface area contributed by atoms with Gasteiger partial charge in [-0.05, 0) is 56.7 Å². The molecule has 0 radical (unpaired) electrons. The molecule has 3 N–H and O–H groups in total. The smallest absolute Gasteiger partial charge is 0.416 e. The minimum absolute atomic E-state index is 0.0923. The molecule has 12 heteroatoms. The number of rotatable bonds is 8. The molecule has 3 aromatic rings. The highest BCUT2D eigenvalue weighted by atomic mass is 19.4. The van der Waals surface area contributed by atoms with E-state index in [4.69, 9.17) is 4.74 Å². The monoisotopic (exact) mass is 561 g/mol. The number of hydrogen-bond donors (Lipinski definition) is 3. The Bertz CT molecular complexity index is 1420. The molecule has 2 heterocycles. The van der Waals surface area contributed by atoms with E-state index in [0.29, 0.717) is 37.5 Å². The summed E-state index contributed by atoms with van der Waals surface area (Å²) >= 11 is 0. The summed E-state index contributed by atoms with van der Waals surface area (Å²) in [5.41, 5.74) is 0.523. The lowest BCUT2D eigenvalue weighted by Gasteiger charge is -2.32. The van der Waals surface area contributed by atoms with Gasteiger partial charge in [-0.3, -0.25) is 9.59 Å². The van der Waals surface area contributed by atoms with Crippen molar-refractivity contribution < 1.29 is 31.9 Å². The number of nitrogens with zero attached hydrogens (tertiary/aromatic N) is 2. The third kappa shape index (κ3) is 5.90. The number of hydrogen-bond acceptors (Lipinski definition) is 5. The van der Waals surface area contributed by atoms with Crippen molar-refractivity contribution in [3.8, 4) is 17.0 Å². The van der Waals surface area contributed by atoms with Gasteiger partial charge in [0.25, 0.3) is 5.91 Å². The molecule has 2 aliphatic carbocycles. The lowest BCUT2D eigenvalue weighted by atomic mass is 9.89. The SMILES string of the molecule is CCC(=O)NC1CCC(NC(=O)c2c(C)[nH]c3c(-c4cc(C(F)(F)F)ccc4OCC4CC4)ncnc23)C(F)C1. The van der Waals surface area contributed by atoms with E-state index in [1.54, 1.807) is 13.8 Å². The zero-order valence-corrected chi connectivity index (χ0v) is 22.2. The largest absolute Gasteiger partial charge is 0.493 e. The van der Waals surface area contributed by atoms with Crippen molar-refractivity contribution in [3.05, 3.63) is 41.3 Å². The van der Waals surface area contributed by atoms with E-state index in [2.05, 4.69) is 25.6 Å². The highest BCUT2D eigenvalue weighted by molar-refractivity contribution is 6.09. The van der Waals surface area contributed by atoms with Crippen LogP contribution in [0.25, 0.3) is 22.3 Å². The van der Waals surface area contributed by atoms with Gasteiger partial charge in [0.1, 0.15) is 29.5 Å². The van der Waals surface area contributed by atoms with Crippen LogP contribution >= 0.6 is 0 Å². The van der Waals surface area contributed by atoms with Crippen LogP contribution < -0.4 is 15.4 Å². The first-order chi connectivity index (χ1) is 19.0. The second kappa shape index (κ2) is 11.1. The Kier molecular flexibility index (Phi) is 7.70. The highest BCUT2D eigenvalue weighted by Crippen LogP contribution is 2.40. The van der Waals surface area contributed by atoms with Gasteiger partial charge in [0, 0.05) is 30.1 Å². The number of nitrogens with one attached hydrogen (secondary N) is 3. The Morgan fingerprint density at radius 3 is 2.58 bits per heavy atom. The molecule has 8 nitrogen and oxygen atoms in total. The molecule has 3 atom stereocenters. The molecule has 5 rings (SSSR count). The predicted molar refractivity (Wildman–Crippen MR) is 140 cm³/mol. The Morgan fingerprint density at radius 1 is 1.12 bits per heavy atom. The van der Waals surface area contributed by atoms with Gasteiger partial charge in [0.05, 0.1) is 29.3 Å². The molecular weight excluding hydrogens is 530 g/mol. The Labute approximate surface area is 228 Å². The van der Waals surface area contributed by atoms with Gasteiger partial charge >= 0.3 is 6.18 Å². The number of aryl methyl sites for hydroxylation is 1. The number of halogens is 4. The molecule has 2 aromatic heterocycles. The third-order valence-corrected chi connectivity index (χ3v) is 7.51. The zero-order valence-electron chi connectivity index (χ0n) is 22.2. The first-order valence-corrected chi connectivity index (χ1v) is 13.5. The molecule has 3 unspecified atom stereocenters. The van der Waals surface area contributed by atoms with E-state index >= 15 is 0 Å². The third-order valence-electron chi connectivity index (χ3n) is 7.51. The van der Waals surface area contributed by atoms with E-state index in [0.717, 1.165) is 25.0 Å². The topological polar surface area (TPSA) is 109 Å². The van der Waals surface area contributed by atoms with Crippen LogP contribution in [-0.2, 0) is 11.0 Å². The number of H-pyrrole nitrogens is 1. The van der Waals surface area contributed by atoms with Crippen LogP contribution in [0.4, 0.5) is 17.6 Å². The van der Waals surface area contributed by atoms with Crippen LogP contribution in [-0.4, -0.2) is 51.6 Å². The number of amides is 2. The molecule has 2 aliphatic rings. The van der Waals surface area contributed by atoms with Crippen LogP contribution in [0.2, 0.25) is 0 Å². The molecule has 0 bridgehead atoms. The first-order valence-electron chi connectivity index (χ1n) is 13.5. The van der Waals surface area contributed by atoms with Gasteiger partial charge < -0.3 is 20.4 Å². The van der Waals surface area contributed by atoms with Gasteiger partial charge in [0.2, 0.25) is 5.91 Å². The summed E-state index contributed by atoms with van der Waals surface area (Å²) in [7, 11) is 0. The fourth-order valence-corrected chi connectivity index (χ4v) is 5.09. The summed E-state index contributed by atoms with van der Waals surface area (Å²) in [6, 6.07) is 2.21. The van der Waals surface area contributed by atoms with E-state index < -0.39 is 29.9 Å². The standard InChI is InChI=1S/C28H31F4N5O3/c1-3-22(38)36-17-7-8-20(19(29)11-17)37-27(39)23-14(2)35-26-24(33-13-34-25(23)26)18-10-16(28(30,31)32)6-9-21(18)40-12-15-4-5-15/h6,9-10,13,15,17,19-20,35H,3-5,7-8,11-12H2,1-2H3,(H,36,38)(H,37,39). The maximum atomic E-state index is 15.0. The van der Waals surface area contributed by atoms with Crippen molar-refractivity contribution in [2.45, 2.75) is 76.8 Å². The van der Waals surface area contributed by atoms with Crippen LogP contribution in [0, 0.1) is 12.8 Å². The van der Waals surface area contributed by atoms with Gasteiger partial charge in [0.15, 0.2) is 0 Å². The summed E-state index contributed by atoms with van der Waals surface area (Å²) in [6.45, 7) is 3.75. The molecule has 2 saturated carbocycles. The highest BCUT2D eigenvalue weighted by Gasteiger charge is 2.35. The Morgan fingerprint density at radius 2 is 1.90 bits per heavy atom. The number of carbonyl (C=O) groups excluding carboxylic acids is 2. The second-order valence-corrected chi connectivity index (χ2v) is 10.6. The number of ether oxygens (including phenoxy) is 1. The van der Waals surface area contributed by atoms with Crippen LogP contribution in [0.1, 0.15) is 67.1 Å². The van der Waals surface area contributed by atoms with Crippen LogP contribution in [0.3, 0.4) is 0 Å². The predicted octanol–water partition coefficient (Wildman–Crippen LogP) is 5.26. The summed E-state index contributed by atoms with van der Waals surface area (Å²) in [5, 5.41) is 5.55. The quantitative estimate of drug-likeness (QED) is 0.325. The molecule has 0 spiro atoms. The Balaban J connectivity index is 1.43. The van der Waals surface area contributed by atoms with Crippen molar-refractivity contribution in [3.63, 3.8) is 0 Å². The number of fused-ring (bicyclic) bond motifs is 1. The normalized spacial score (nSPS) is 21.3. The summed E-state index contributed by atoms with van der Waals surface area (Å²) in [4.78, 5) is 36.6. The first kappa shape index (κ1) is 27.9. The Hall–Kier alpha value is -3.70. The molecule has 0 saturated heterocycles. The van der Waals surface area contributed by atoms with Gasteiger partial charge in [-0.15, -0.1) is 0 Å². The van der Waals surface area contributed by atoms with E-state index in [-0.39, 0.29) is 52.0 Å². The van der Waals surface area contributed by atoms with Crippen molar-refractivity contribution >= 4 is 22.8 Å². The van der Waals surface area contributed by atoms with Crippen LogP contribution in [0.5, 0.6) is 5.75 Å². The van der Waals surface area contributed by atoms with Crippen LogP contribution in [0.15, 0.2) is 24.5 Å². The minimum atomic E-state index is -4.58. The van der Waals surface area contributed by atoms with Crippen molar-refractivity contribution in [1.82, 2.24) is 25.6 Å². The molecular formula is C28H31F4N5O3. The average Bonchev–Trinajstić information content (AvgIpc) is 3.67. The average molecular weight is 562 g/mol. The summed E-state index contributed by atoms with van der Waals surface area (Å²) < 4.78 is 61.6. The van der Waals surface area contributed by atoms with E-state index in [1.807, 2.05) is 0 Å². The van der Waals surface area contributed by atoms with Gasteiger partial charge in [-0.1, -0.05) is 6.92 Å². The van der Waals surface area contributed by atoms with Gasteiger partial charge in [-0.25, -0.2) is 14.4 Å². The number of aromatic nitrogens is 3. The van der Waals surface area contributed by atoms with Crippen molar-refractivity contribution in [2.75, 3.05) is 6.61 Å². The summed E-state index contributed by atoms with van der Waals surface area (Å²) in [6.07, 6.45) is -1.45. The van der Waals surface area contributed by atoms with E-state index in [9.17, 15) is 27.2 Å².